The van der Waals surface area contributed by atoms with Crippen LogP contribution in [0.3, 0.4) is 0 Å². The van der Waals surface area contributed by atoms with Gasteiger partial charge < -0.3 is 10.1 Å². The largest absolute Gasteiger partial charge is 0.416 e. The van der Waals surface area contributed by atoms with E-state index < -0.39 is 23.6 Å². The number of ether oxygens (including phenoxy) is 1. The number of nitrogens with one attached hydrogen (secondary N) is 3. The van der Waals surface area contributed by atoms with Gasteiger partial charge in [-0.3, -0.25) is 25.2 Å². The first-order valence-electron chi connectivity index (χ1n) is 8.40. The number of benzene rings is 1. The molecule has 0 aliphatic carbocycles. The fourth-order valence-electron chi connectivity index (χ4n) is 2.42. The predicted octanol–water partition coefficient (Wildman–Crippen LogP) is 1.54. The highest BCUT2D eigenvalue weighted by atomic mass is 19.4. The minimum absolute atomic E-state index is 0.00537. The van der Waals surface area contributed by atoms with E-state index in [9.17, 15) is 27.6 Å². The van der Waals surface area contributed by atoms with Crippen molar-refractivity contribution in [3.8, 4) is 0 Å². The van der Waals surface area contributed by atoms with Gasteiger partial charge in [-0.2, -0.15) is 13.2 Å². The molecule has 1 unspecified atom stereocenters. The second kappa shape index (κ2) is 9.36. The summed E-state index contributed by atoms with van der Waals surface area (Å²) in [5.41, 5.74) is 3.28. The van der Waals surface area contributed by atoms with E-state index in [0.717, 1.165) is 37.1 Å². The Morgan fingerprint density at radius 1 is 1.04 bits per heavy atom. The number of alkyl halides is 3. The maximum Gasteiger partial charge on any atom is 0.416 e. The third kappa shape index (κ3) is 6.89. The Kier molecular flexibility index (Phi) is 7.17. The molecule has 10 heteroatoms. The fraction of sp³-hybridized carbons (Fsp3) is 0.471. The van der Waals surface area contributed by atoms with Crippen LogP contribution < -0.4 is 16.2 Å². The maximum absolute atomic E-state index is 12.5. The van der Waals surface area contributed by atoms with Gasteiger partial charge in [0.25, 0.3) is 5.91 Å². The van der Waals surface area contributed by atoms with Crippen LogP contribution >= 0.6 is 0 Å². The number of rotatable bonds is 6. The quantitative estimate of drug-likeness (QED) is 0.645. The van der Waals surface area contributed by atoms with Crippen molar-refractivity contribution in [2.24, 2.45) is 0 Å². The molecule has 1 aliphatic rings. The van der Waals surface area contributed by atoms with Crippen molar-refractivity contribution >= 4 is 17.7 Å². The van der Waals surface area contributed by atoms with Crippen molar-refractivity contribution in [2.75, 3.05) is 13.2 Å². The minimum atomic E-state index is -4.49. The highest BCUT2D eigenvalue weighted by Crippen LogP contribution is 2.29. The van der Waals surface area contributed by atoms with Gasteiger partial charge >= 0.3 is 6.18 Å². The molecule has 0 bridgehead atoms. The third-order valence-electron chi connectivity index (χ3n) is 3.92. The summed E-state index contributed by atoms with van der Waals surface area (Å²) in [5.74, 6) is -1.67. The Balaban J connectivity index is 1.66. The first-order valence-corrected chi connectivity index (χ1v) is 8.40. The zero-order chi connectivity index (χ0) is 19.9. The highest BCUT2D eigenvalue weighted by molar-refractivity contribution is 5.95. The third-order valence-corrected chi connectivity index (χ3v) is 3.92. The van der Waals surface area contributed by atoms with Crippen LogP contribution in [0.15, 0.2) is 24.3 Å². The van der Waals surface area contributed by atoms with Gasteiger partial charge in [0.1, 0.15) is 0 Å². The number of hydrazine groups is 1. The molecular weight excluding hydrogens is 367 g/mol. The summed E-state index contributed by atoms with van der Waals surface area (Å²) >= 11 is 0. The molecule has 3 N–H and O–H groups in total. The standard InChI is InChI=1S/C17H20F3N3O4/c18-17(19,20)12-5-3-11(4-6-12)16(26)23-22-15(25)8-7-14(24)21-10-13-2-1-9-27-13/h3-6,13H,1-2,7-10H2,(H,21,24)(H,22,25)(H,23,26). The van der Waals surface area contributed by atoms with Gasteiger partial charge in [0.2, 0.25) is 11.8 Å². The summed E-state index contributed by atoms with van der Waals surface area (Å²) in [6.45, 7) is 1.08. The van der Waals surface area contributed by atoms with Crippen LogP contribution in [-0.4, -0.2) is 37.0 Å². The summed E-state index contributed by atoms with van der Waals surface area (Å²) < 4.78 is 42.8. The van der Waals surface area contributed by atoms with E-state index in [1.54, 1.807) is 0 Å². The lowest BCUT2D eigenvalue weighted by atomic mass is 10.1. The normalized spacial score (nSPS) is 16.6. The van der Waals surface area contributed by atoms with Gasteiger partial charge in [0, 0.05) is 31.6 Å². The zero-order valence-corrected chi connectivity index (χ0v) is 14.4. The van der Waals surface area contributed by atoms with Crippen LogP contribution in [0, 0.1) is 0 Å². The van der Waals surface area contributed by atoms with Crippen molar-refractivity contribution in [1.82, 2.24) is 16.2 Å². The molecule has 1 saturated heterocycles. The van der Waals surface area contributed by atoms with E-state index in [-0.39, 0.29) is 30.4 Å². The monoisotopic (exact) mass is 387 g/mol. The van der Waals surface area contributed by atoms with Crippen molar-refractivity contribution in [3.05, 3.63) is 35.4 Å². The number of halogens is 3. The summed E-state index contributed by atoms with van der Waals surface area (Å²) in [5, 5.41) is 2.66. The molecule has 0 saturated carbocycles. The van der Waals surface area contributed by atoms with E-state index in [0.29, 0.717) is 13.2 Å². The molecule has 1 fully saturated rings. The van der Waals surface area contributed by atoms with Crippen molar-refractivity contribution in [2.45, 2.75) is 38.0 Å². The average molecular weight is 387 g/mol. The second-order valence-electron chi connectivity index (χ2n) is 6.02. The Morgan fingerprint density at radius 2 is 1.70 bits per heavy atom. The minimum Gasteiger partial charge on any atom is -0.376 e. The van der Waals surface area contributed by atoms with Gasteiger partial charge in [-0.05, 0) is 37.1 Å². The van der Waals surface area contributed by atoms with E-state index in [2.05, 4.69) is 16.2 Å². The highest BCUT2D eigenvalue weighted by Gasteiger charge is 2.30. The molecule has 27 heavy (non-hydrogen) atoms. The van der Waals surface area contributed by atoms with Crippen molar-refractivity contribution < 1.29 is 32.3 Å². The van der Waals surface area contributed by atoms with E-state index in [4.69, 9.17) is 4.74 Å². The van der Waals surface area contributed by atoms with E-state index in [1.165, 1.54) is 0 Å². The van der Waals surface area contributed by atoms with Crippen molar-refractivity contribution in [3.63, 3.8) is 0 Å². The molecule has 1 atom stereocenters. The topological polar surface area (TPSA) is 96.5 Å². The number of hydrogen-bond acceptors (Lipinski definition) is 4. The SMILES string of the molecule is O=C(CCC(=O)NNC(=O)c1ccc(C(F)(F)F)cc1)NCC1CCCO1. The van der Waals surface area contributed by atoms with Crippen molar-refractivity contribution in [1.29, 1.82) is 0 Å². The van der Waals surface area contributed by atoms with Crippen LogP contribution in [0.1, 0.15) is 41.6 Å². The van der Waals surface area contributed by atoms with Crippen LogP contribution in [0.25, 0.3) is 0 Å². The summed E-state index contributed by atoms with van der Waals surface area (Å²) in [6.07, 6.45) is -2.85. The molecule has 148 valence electrons. The fourth-order valence-corrected chi connectivity index (χ4v) is 2.42. The number of amides is 3. The molecule has 1 aromatic carbocycles. The Bertz CT molecular complexity index is 671. The predicted molar refractivity (Wildman–Crippen MR) is 88.3 cm³/mol. The molecule has 0 aromatic heterocycles. The first-order chi connectivity index (χ1) is 12.8. The summed E-state index contributed by atoms with van der Waals surface area (Å²) in [6, 6.07) is 3.55. The van der Waals surface area contributed by atoms with Gasteiger partial charge in [-0.25, -0.2) is 0 Å². The lowest BCUT2D eigenvalue weighted by molar-refractivity contribution is -0.137. The molecule has 0 radical (unpaired) electrons. The maximum atomic E-state index is 12.5. The van der Waals surface area contributed by atoms with Gasteiger partial charge in [0.15, 0.2) is 0 Å². The second-order valence-corrected chi connectivity index (χ2v) is 6.02. The van der Waals surface area contributed by atoms with Gasteiger partial charge in [-0.15, -0.1) is 0 Å². The summed E-state index contributed by atoms with van der Waals surface area (Å²) in [4.78, 5) is 35.1. The molecule has 1 aliphatic heterocycles. The Hall–Kier alpha value is -2.62. The van der Waals surface area contributed by atoms with Gasteiger partial charge in [-0.1, -0.05) is 0 Å². The molecule has 3 amide bonds. The Labute approximate surface area is 153 Å². The molecule has 2 rings (SSSR count). The molecule has 1 aromatic rings. The van der Waals surface area contributed by atoms with E-state index in [1.807, 2.05) is 0 Å². The molecule has 7 nitrogen and oxygen atoms in total. The lowest BCUT2D eigenvalue weighted by Crippen LogP contribution is -2.42. The average Bonchev–Trinajstić information content (AvgIpc) is 3.15. The van der Waals surface area contributed by atoms with Crippen LogP contribution in [0.2, 0.25) is 0 Å². The van der Waals surface area contributed by atoms with Crippen LogP contribution in [-0.2, 0) is 20.5 Å². The number of carbonyl (C=O) groups excluding carboxylic acids is 3. The first kappa shape index (κ1) is 20.7. The molecule has 1 heterocycles. The molecule has 0 spiro atoms. The number of carbonyl (C=O) groups is 3. The smallest absolute Gasteiger partial charge is 0.376 e. The van der Waals surface area contributed by atoms with Crippen LogP contribution in [0.5, 0.6) is 0 Å². The Morgan fingerprint density at radius 3 is 2.30 bits per heavy atom. The van der Waals surface area contributed by atoms with E-state index >= 15 is 0 Å². The number of hydrogen-bond donors (Lipinski definition) is 3. The lowest BCUT2D eigenvalue weighted by Gasteiger charge is -2.11. The van der Waals surface area contributed by atoms with Gasteiger partial charge in [0.05, 0.1) is 11.7 Å². The molecular formula is C17H20F3N3O4. The summed E-state index contributed by atoms with van der Waals surface area (Å²) in [7, 11) is 0. The van der Waals surface area contributed by atoms with Crippen LogP contribution in [0.4, 0.5) is 13.2 Å². The zero-order valence-electron chi connectivity index (χ0n) is 14.4.